The van der Waals surface area contributed by atoms with E-state index in [1.165, 1.54) is 17.8 Å². The van der Waals surface area contributed by atoms with Crippen molar-refractivity contribution in [3.63, 3.8) is 0 Å². The lowest BCUT2D eigenvalue weighted by Gasteiger charge is -2.10. The van der Waals surface area contributed by atoms with Gasteiger partial charge in [0, 0.05) is 12.3 Å². The molecular formula is C16H16N4O3. The first-order valence-electron chi connectivity index (χ1n) is 7.14. The minimum absolute atomic E-state index is 0.312. The van der Waals surface area contributed by atoms with Gasteiger partial charge in [0.25, 0.3) is 5.91 Å². The van der Waals surface area contributed by atoms with Crippen molar-refractivity contribution in [3.05, 3.63) is 48.3 Å². The van der Waals surface area contributed by atoms with Gasteiger partial charge in [0.1, 0.15) is 11.3 Å². The summed E-state index contributed by atoms with van der Waals surface area (Å²) in [5.74, 6) is 0.722. The van der Waals surface area contributed by atoms with E-state index in [2.05, 4.69) is 15.4 Å². The summed E-state index contributed by atoms with van der Waals surface area (Å²) in [7, 11) is 1.52. The molecule has 1 aromatic carbocycles. The van der Waals surface area contributed by atoms with Crippen LogP contribution in [0.3, 0.4) is 0 Å². The molecule has 2 heterocycles. The molecule has 0 aliphatic carbocycles. The molecule has 7 nitrogen and oxygen atoms in total. The monoisotopic (exact) mass is 312 g/mol. The zero-order valence-electron chi connectivity index (χ0n) is 12.8. The number of nitrogens with one attached hydrogen (secondary N) is 1. The van der Waals surface area contributed by atoms with Gasteiger partial charge in [0.2, 0.25) is 5.88 Å². The molecule has 0 fully saturated rings. The molecule has 0 atom stereocenters. The number of carbonyl (C=O) groups is 1. The van der Waals surface area contributed by atoms with E-state index in [9.17, 15) is 4.79 Å². The van der Waals surface area contributed by atoms with Crippen LogP contribution in [0.5, 0.6) is 11.6 Å². The molecule has 0 bridgehead atoms. The van der Waals surface area contributed by atoms with Crippen molar-refractivity contribution in [1.82, 2.24) is 14.6 Å². The number of para-hydroxylation sites is 2. The Balaban J connectivity index is 1.92. The molecule has 2 aromatic heterocycles. The number of hydrogen-bond donors (Lipinski definition) is 1. The van der Waals surface area contributed by atoms with E-state index in [0.717, 1.165) is 0 Å². The molecule has 1 amide bonds. The molecule has 0 unspecified atom stereocenters. The molecule has 7 heteroatoms. The Bertz CT molecular complexity index is 844. The molecule has 0 radical (unpaired) electrons. The quantitative estimate of drug-likeness (QED) is 0.782. The highest BCUT2D eigenvalue weighted by atomic mass is 16.5. The van der Waals surface area contributed by atoms with E-state index in [-0.39, 0.29) is 5.91 Å². The molecule has 23 heavy (non-hydrogen) atoms. The Morgan fingerprint density at radius 2 is 2.13 bits per heavy atom. The van der Waals surface area contributed by atoms with Crippen LogP contribution >= 0.6 is 0 Å². The van der Waals surface area contributed by atoms with Crippen LogP contribution in [0.25, 0.3) is 5.65 Å². The summed E-state index contributed by atoms with van der Waals surface area (Å²) >= 11 is 0. The molecule has 0 spiro atoms. The first kappa shape index (κ1) is 14.8. The second-order valence-electron chi connectivity index (χ2n) is 4.68. The summed E-state index contributed by atoms with van der Waals surface area (Å²) in [5.41, 5.74) is 1.38. The highest BCUT2D eigenvalue weighted by Gasteiger charge is 2.16. The van der Waals surface area contributed by atoms with Crippen molar-refractivity contribution in [2.75, 3.05) is 19.0 Å². The fraction of sp³-hybridized carbons (Fsp3) is 0.188. The second kappa shape index (κ2) is 6.35. The summed E-state index contributed by atoms with van der Waals surface area (Å²) < 4.78 is 12.1. The van der Waals surface area contributed by atoms with Gasteiger partial charge in [-0.15, -0.1) is 0 Å². The van der Waals surface area contributed by atoms with E-state index in [4.69, 9.17) is 9.47 Å². The Morgan fingerprint density at radius 3 is 2.91 bits per heavy atom. The van der Waals surface area contributed by atoms with Gasteiger partial charge in [-0.3, -0.25) is 4.79 Å². The summed E-state index contributed by atoms with van der Waals surface area (Å²) in [6, 6.07) is 8.93. The van der Waals surface area contributed by atoms with Gasteiger partial charge in [-0.25, -0.2) is 4.52 Å². The zero-order valence-corrected chi connectivity index (χ0v) is 12.8. The number of nitrogens with zero attached hydrogens (tertiary/aromatic N) is 3. The highest BCUT2D eigenvalue weighted by molar-refractivity contribution is 6.08. The summed E-state index contributed by atoms with van der Waals surface area (Å²) in [6.45, 7) is 2.41. The van der Waals surface area contributed by atoms with E-state index < -0.39 is 0 Å². The lowest BCUT2D eigenvalue weighted by atomic mass is 10.2. The number of carbonyl (C=O) groups excluding carboxylic acids is 1. The number of hydrogen-bond acceptors (Lipinski definition) is 5. The Kier molecular flexibility index (Phi) is 4.09. The number of anilines is 1. The Hall–Kier alpha value is -3.09. The van der Waals surface area contributed by atoms with Gasteiger partial charge in [-0.05, 0) is 19.1 Å². The SMILES string of the molecule is CCOc1ccccc1NC(=O)c1cnn2ccc(OC)nc12. The maximum absolute atomic E-state index is 12.5. The molecule has 0 aliphatic rings. The normalized spacial score (nSPS) is 10.5. The number of amides is 1. The van der Waals surface area contributed by atoms with E-state index in [1.807, 2.05) is 19.1 Å². The lowest BCUT2D eigenvalue weighted by Crippen LogP contribution is -2.13. The average molecular weight is 312 g/mol. The van der Waals surface area contributed by atoms with Crippen LogP contribution in [-0.4, -0.2) is 34.2 Å². The number of fused-ring (bicyclic) bond motifs is 1. The minimum atomic E-state index is -0.312. The number of ether oxygens (including phenoxy) is 2. The van der Waals surface area contributed by atoms with Crippen LogP contribution < -0.4 is 14.8 Å². The van der Waals surface area contributed by atoms with Crippen LogP contribution in [0, 0.1) is 0 Å². The maximum atomic E-state index is 12.5. The molecule has 118 valence electrons. The summed E-state index contributed by atoms with van der Waals surface area (Å²) in [6.07, 6.45) is 3.16. The fourth-order valence-electron chi connectivity index (χ4n) is 2.17. The van der Waals surface area contributed by atoms with Crippen molar-refractivity contribution >= 4 is 17.2 Å². The van der Waals surface area contributed by atoms with Crippen molar-refractivity contribution in [2.45, 2.75) is 6.92 Å². The maximum Gasteiger partial charge on any atom is 0.261 e. The molecule has 0 aliphatic heterocycles. The zero-order chi connectivity index (χ0) is 16.2. The topological polar surface area (TPSA) is 77.8 Å². The van der Waals surface area contributed by atoms with Crippen molar-refractivity contribution in [2.24, 2.45) is 0 Å². The van der Waals surface area contributed by atoms with Gasteiger partial charge in [-0.1, -0.05) is 12.1 Å². The fourth-order valence-corrected chi connectivity index (χ4v) is 2.17. The molecule has 3 aromatic rings. The van der Waals surface area contributed by atoms with Gasteiger partial charge in [0.05, 0.1) is 25.6 Å². The first-order chi connectivity index (χ1) is 11.2. The third-order valence-electron chi connectivity index (χ3n) is 3.23. The predicted molar refractivity (Wildman–Crippen MR) is 85.1 cm³/mol. The number of benzene rings is 1. The van der Waals surface area contributed by atoms with Gasteiger partial charge < -0.3 is 14.8 Å². The van der Waals surface area contributed by atoms with Crippen molar-refractivity contribution < 1.29 is 14.3 Å². The van der Waals surface area contributed by atoms with E-state index in [0.29, 0.717) is 35.1 Å². The van der Waals surface area contributed by atoms with Crippen molar-refractivity contribution in [3.8, 4) is 11.6 Å². The summed E-state index contributed by atoms with van der Waals surface area (Å²) in [5, 5.41) is 6.95. The lowest BCUT2D eigenvalue weighted by molar-refractivity contribution is 0.102. The van der Waals surface area contributed by atoms with Gasteiger partial charge in [0.15, 0.2) is 5.65 Å². The average Bonchev–Trinajstić information content (AvgIpc) is 3.00. The van der Waals surface area contributed by atoms with Crippen LogP contribution in [-0.2, 0) is 0 Å². The van der Waals surface area contributed by atoms with Crippen LogP contribution in [0.2, 0.25) is 0 Å². The predicted octanol–water partition coefficient (Wildman–Crippen LogP) is 2.39. The third-order valence-corrected chi connectivity index (χ3v) is 3.23. The summed E-state index contributed by atoms with van der Waals surface area (Å²) in [4.78, 5) is 16.8. The molecule has 0 saturated carbocycles. The molecular weight excluding hydrogens is 296 g/mol. The van der Waals surface area contributed by atoms with Gasteiger partial charge >= 0.3 is 0 Å². The third kappa shape index (κ3) is 2.94. The van der Waals surface area contributed by atoms with Crippen LogP contribution in [0.4, 0.5) is 5.69 Å². The second-order valence-corrected chi connectivity index (χ2v) is 4.68. The number of methoxy groups -OCH3 is 1. The first-order valence-corrected chi connectivity index (χ1v) is 7.14. The van der Waals surface area contributed by atoms with Crippen molar-refractivity contribution in [1.29, 1.82) is 0 Å². The van der Waals surface area contributed by atoms with Crippen LogP contribution in [0.15, 0.2) is 42.7 Å². The Labute approximate surface area is 132 Å². The minimum Gasteiger partial charge on any atom is -0.492 e. The largest absolute Gasteiger partial charge is 0.492 e. The molecule has 1 N–H and O–H groups in total. The smallest absolute Gasteiger partial charge is 0.261 e. The van der Waals surface area contributed by atoms with E-state index in [1.54, 1.807) is 24.4 Å². The highest BCUT2D eigenvalue weighted by Crippen LogP contribution is 2.24. The van der Waals surface area contributed by atoms with Gasteiger partial charge in [-0.2, -0.15) is 10.1 Å². The molecule has 3 rings (SSSR count). The van der Waals surface area contributed by atoms with E-state index >= 15 is 0 Å². The molecule has 0 saturated heterocycles. The Morgan fingerprint density at radius 1 is 1.30 bits per heavy atom. The van der Waals surface area contributed by atoms with Crippen LogP contribution in [0.1, 0.15) is 17.3 Å². The number of rotatable bonds is 5. The standard InChI is InChI=1S/C16H16N4O3/c1-3-23-13-7-5-4-6-12(13)18-16(21)11-10-17-20-9-8-14(22-2)19-15(11)20/h4-10H,3H2,1-2H3,(H,18,21). The number of aromatic nitrogens is 3.